The zero-order chi connectivity index (χ0) is 88.6. The summed E-state index contributed by atoms with van der Waals surface area (Å²) in [6.07, 6.45) is 0. The van der Waals surface area contributed by atoms with Crippen LogP contribution >= 0.6 is 0 Å². The fourth-order valence-corrected chi connectivity index (χ4v) is 22.8. The molecule has 30 rings (SSSR count). The minimum atomic E-state index is 0.497. The summed E-state index contributed by atoms with van der Waals surface area (Å²) < 4.78 is 18.5. The molecule has 29 aromatic rings. The van der Waals surface area contributed by atoms with E-state index in [1.807, 2.05) is 0 Å². The Morgan fingerprint density at radius 2 is 0.515 bits per heavy atom. The van der Waals surface area contributed by atoms with Gasteiger partial charge < -0.3 is 9.13 Å². The van der Waals surface area contributed by atoms with Gasteiger partial charge in [0, 0.05) is 87.5 Å². The Kier molecular flexibility index (Phi) is 15.5. The maximum atomic E-state index is 5.96. The van der Waals surface area contributed by atoms with Gasteiger partial charge in [0.1, 0.15) is 5.82 Å². The first-order valence-corrected chi connectivity index (χ1v) is 46.2. The molecule has 0 amide bonds. The lowest BCUT2D eigenvalue weighted by Crippen LogP contribution is -2.11. The molecule has 10 aromatic heterocycles. The van der Waals surface area contributed by atoms with Crippen molar-refractivity contribution in [2.45, 2.75) is 0 Å². The van der Waals surface area contributed by atoms with Crippen molar-refractivity contribution in [1.29, 1.82) is 0 Å². The molecular formula is C122H72N14. The standard InChI is InChI=1S/C122H72N14/c1-2-32-77-76(31-1)80-64-61-73(67-93(80)78-33-3-4-34-79(78)94-70-97(116(71-95(77)94)131-100-47-17-5-35-81(100)82-36-6-18-48-101(82)131)118-126-120(133-105-52-22-9-39-85(105)86-40-10-23-53-106(86)133)128-121(127-118)134-107-54-24-11-41-87(107)88-42-12-25-55-108(88)134)74-62-65-91-89-43-13-26-56-109(89)135(115(91)68-74)119-123-99(72-117(125-119)132-103-50-20-7-37-83(103)84-38-8-21-51-104(84)132)92-45-15-27-57-110(92)130-102-49-19-14-44-90(102)96-69-75(63-66-111(96)130)129-113-59-29-30-60-114(113)136-112-58-28-16-46-98(112)124-122(129)136/h1-72H. The van der Waals surface area contributed by atoms with E-state index in [-0.39, 0.29) is 0 Å². The Labute approximate surface area is 775 Å². The number of hydrogen-bond donors (Lipinski definition) is 0. The van der Waals surface area contributed by atoms with Crippen molar-refractivity contribution in [2.24, 2.45) is 0 Å². The van der Waals surface area contributed by atoms with Crippen LogP contribution in [-0.2, 0) is 0 Å². The Balaban J connectivity index is 0.622. The molecule has 1 aliphatic rings. The normalized spacial score (nSPS) is 12.3. The van der Waals surface area contributed by atoms with E-state index in [1.165, 1.54) is 0 Å². The van der Waals surface area contributed by atoms with E-state index < -0.39 is 0 Å². The molecule has 0 saturated heterocycles. The lowest BCUT2D eigenvalue weighted by atomic mass is 9.79. The van der Waals surface area contributed by atoms with E-state index in [2.05, 4.69) is 473 Å². The van der Waals surface area contributed by atoms with E-state index in [0.29, 0.717) is 23.7 Å². The van der Waals surface area contributed by atoms with Gasteiger partial charge >= 0.3 is 0 Å². The zero-order valence-electron chi connectivity index (χ0n) is 72.8. The molecule has 10 heterocycles. The fourth-order valence-electron chi connectivity index (χ4n) is 22.8. The van der Waals surface area contributed by atoms with Gasteiger partial charge in [-0.1, -0.05) is 297 Å². The summed E-state index contributed by atoms with van der Waals surface area (Å²) in [4.78, 5) is 34.7. The first kappa shape index (κ1) is 74.2. The molecule has 136 heavy (non-hydrogen) atoms. The molecule has 1 aliphatic carbocycles. The molecule has 0 bridgehead atoms. The molecule has 0 saturated carbocycles. The lowest BCUT2D eigenvalue weighted by Gasteiger charge is -2.26. The smallest absolute Gasteiger partial charge is 0.240 e. The van der Waals surface area contributed by atoms with Crippen molar-refractivity contribution in [2.75, 3.05) is 0 Å². The minimum absolute atomic E-state index is 0.497. The molecule has 0 N–H and O–H groups in total. The Morgan fingerprint density at radius 1 is 0.162 bits per heavy atom. The first-order chi connectivity index (χ1) is 67.5. The summed E-state index contributed by atoms with van der Waals surface area (Å²) in [5, 5.41) is 13.4. The second-order valence-corrected chi connectivity index (χ2v) is 35.6. The molecule has 19 aromatic carbocycles. The average Bonchev–Trinajstić information content (AvgIpc) is 1.38. The second kappa shape index (κ2) is 28.4. The van der Waals surface area contributed by atoms with Crippen molar-refractivity contribution < 1.29 is 0 Å². The van der Waals surface area contributed by atoms with Gasteiger partial charge in [0.05, 0.1) is 105 Å². The predicted molar refractivity (Wildman–Crippen MR) is 556 cm³/mol. The Hall–Kier alpha value is -18.7. The van der Waals surface area contributed by atoms with Crippen LogP contribution in [0.2, 0.25) is 0 Å². The van der Waals surface area contributed by atoms with Crippen LogP contribution in [0.5, 0.6) is 0 Å². The molecule has 0 aliphatic heterocycles. The number of imidazole rings is 2. The largest absolute Gasteiger partial charge is 0.309 e. The first-order valence-electron chi connectivity index (χ1n) is 46.2. The van der Waals surface area contributed by atoms with E-state index >= 15 is 0 Å². The van der Waals surface area contributed by atoms with Crippen LogP contribution in [0, 0.1) is 0 Å². The van der Waals surface area contributed by atoms with Gasteiger partial charge in [-0.05, 0) is 189 Å². The minimum Gasteiger partial charge on any atom is -0.309 e. The summed E-state index contributed by atoms with van der Waals surface area (Å²) >= 11 is 0. The van der Waals surface area contributed by atoms with Crippen LogP contribution in [0.4, 0.5) is 0 Å². The maximum absolute atomic E-state index is 5.96. The summed E-state index contributed by atoms with van der Waals surface area (Å²) in [6.45, 7) is 0. The maximum Gasteiger partial charge on any atom is 0.240 e. The van der Waals surface area contributed by atoms with Crippen molar-refractivity contribution in [3.8, 4) is 119 Å². The summed E-state index contributed by atoms with van der Waals surface area (Å²) in [5.41, 5.74) is 32.6. The highest BCUT2D eigenvalue weighted by atomic mass is 15.3. The topological polar surface area (TPSA) is 116 Å². The number of fused-ring (bicyclic) bond motifs is 31. The molecule has 0 spiro atoms. The number of rotatable bonds is 10. The van der Waals surface area contributed by atoms with Gasteiger partial charge in [0.25, 0.3) is 0 Å². The zero-order valence-corrected chi connectivity index (χ0v) is 72.8. The number of aromatic nitrogens is 14. The van der Waals surface area contributed by atoms with Crippen molar-refractivity contribution in [3.05, 3.63) is 437 Å². The highest BCUT2D eigenvalue weighted by Gasteiger charge is 2.32. The Morgan fingerprint density at radius 3 is 1.03 bits per heavy atom. The fraction of sp³-hybridized carbons (Fsp3) is 0. The molecule has 0 radical (unpaired) electrons. The number of para-hydroxylation sites is 15. The molecular weight excluding hydrogens is 1660 g/mol. The van der Waals surface area contributed by atoms with E-state index in [9.17, 15) is 0 Å². The quantitative estimate of drug-likeness (QED) is 0.135. The molecule has 14 heteroatoms. The molecule has 630 valence electrons. The lowest BCUT2D eigenvalue weighted by molar-refractivity contribution is 0.892. The monoisotopic (exact) mass is 1730 g/mol. The van der Waals surface area contributed by atoms with Crippen LogP contribution in [0.15, 0.2) is 437 Å². The average molecular weight is 1730 g/mol. The predicted octanol–water partition coefficient (Wildman–Crippen LogP) is 30.0. The SMILES string of the molecule is c1ccc2c(c1)-c1ccc(-c3ccc4c5ccccc5n(-c5nc(-c6ccccc6-n6c7ccccc7c7cc(-n8c9ccccc9n9c%10ccccc%10nc89)ccc76)cc(-n6c7ccccc7c7ccccc76)n5)c4c3)cc1-c1ccccc1-c1cc(-c3nc(-n4c5ccccc5c5ccccc54)nc(-n4c5ccccc5c5ccccc54)n3)c(-n3c4ccccc4c4ccccc43)cc1-2. The van der Waals surface area contributed by atoms with Crippen LogP contribution < -0.4 is 0 Å². The third-order valence-corrected chi connectivity index (χ3v) is 28.6. The van der Waals surface area contributed by atoms with Gasteiger partial charge in [0.2, 0.25) is 23.6 Å². The Bertz CT molecular complexity index is 9920. The second-order valence-electron chi connectivity index (χ2n) is 35.6. The highest BCUT2D eigenvalue weighted by Crippen LogP contribution is 2.53. The third-order valence-electron chi connectivity index (χ3n) is 28.6. The molecule has 0 atom stereocenters. The molecule has 0 fully saturated rings. The number of hydrogen-bond acceptors (Lipinski definition) is 6. The van der Waals surface area contributed by atoms with Crippen molar-refractivity contribution >= 4 is 159 Å². The van der Waals surface area contributed by atoms with Gasteiger partial charge in [0.15, 0.2) is 5.82 Å². The molecule has 14 nitrogen and oxygen atoms in total. The third kappa shape index (κ3) is 10.6. The highest BCUT2D eigenvalue weighted by molar-refractivity contribution is 6.17. The van der Waals surface area contributed by atoms with Crippen LogP contribution in [-0.4, -0.2) is 66.3 Å². The van der Waals surface area contributed by atoms with Gasteiger partial charge in [-0.15, -0.1) is 0 Å². The van der Waals surface area contributed by atoms with Crippen LogP contribution in [0.1, 0.15) is 0 Å². The summed E-state index contributed by atoms with van der Waals surface area (Å²) in [5.74, 6) is 3.63. The van der Waals surface area contributed by atoms with Gasteiger partial charge in [-0.25, -0.2) is 9.97 Å². The summed E-state index contributed by atoms with van der Waals surface area (Å²) in [6, 6.07) is 159. The van der Waals surface area contributed by atoms with E-state index in [0.717, 1.165) is 254 Å². The van der Waals surface area contributed by atoms with E-state index in [4.69, 9.17) is 29.9 Å². The van der Waals surface area contributed by atoms with Gasteiger partial charge in [-0.3, -0.25) is 27.2 Å². The summed E-state index contributed by atoms with van der Waals surface area (Å²) in [7, 11) is 0. The van der Waals surface area contributed by atoms with Crippen molar-refractivity contribution in [1.82, 2.24) is 66.3 Å². The van der Waals surface area contributed by atoms with Crippen LogP contribution in [0.3, 0.4) is 0 Å². The van der Waals surface area contributed by atoms with Gasteiger partial charge in [-0.2, -0.15) is 19.9 Å². The molecule has 0 unspecified atom stereocenters. The number of benzene rings is 19. The van der Waals surface area contributed by atoms with E-state index in [1.54, 1.807) is 0 Å². The number of nitrogens with zero attached hydrogens (tertiary/aromatic N) is 14. The van der Waals surface area contributed by atoms with Crippen LogP contribution in [0.25, 0.3) is 278 Å². The van der Waals surface area contributed by atoms with Crippen molar-refractivity contribution in [3.63, 3.8) is 0 Å².